The van der Waals surface area contributed by atoms with E-state index in [1.54, 1.807) is 24.5 Å². The molecule has 3 heterocycles. The third-order valence-electron chi connectivity index (χ3n) is 5.04. The maximum atomic E-state index is 12.1. The van der Waals surface area contributed by atoms with Crippen LogP contribution in [0.2, 0.25) is 0 Å². The predicted octanol–water partition coefficient (Wildman–Crippen LogP) is 2.83. The Labute approximate surface area is 150 Å². The van der Waals surface area contributed by atoms with Crippen LogP contribution in [0.15, 0.2) is 47.5 Å². The Morgan fingerprint density at radius 2 is 2.15 bits per heavy atom. The maximum Gasteiger partial charge on any atom is 0.337 e. The number of nitrogens with zero attached hydrogens (tertiary/aromatic N) is 2. The zero-order valence-electron chi connectivity index (χ0n) is 14.7. The van der Waals surface area contributed by atoms with Crippen molar-refractivity contribution >= 4 is 22.6 Å². The number of hydrogen-bond acceptors (Lipinski definition) is 5. The summed E-state index contributed by atoms with van der Waals surface area (Å²) >= 11 is 0. The van der Waals surface area contributed by atoms with Crippen LogP contribution >= 0.6 is 0 Å². The standard InChI is InChI=1S/C20H19N3O3/c1-12-15-4-3-14(20(25)26-2)9-13(15)6-8-23(12)18-10-19(24)22-17-11-21-7-5-16(17)18/h3-5,7,9-12H,6,8H2,1-2H3,(H,22,24). The highest BCUT2D eigenvalue weighted by atomic mass is 16.5. The molecule has 0 radical (unpaired) electrons. The van der Waals surface area contributed by atoms with E-state index in [0.717, 1.165) is 40.7 Å². The number of rotatable bonds is 2. The van der Waals surface area contributed by atoms with E-state index in [0.29, 0.717) is 5.56 Å². The zero-order valence-corrected chi connectivity index (χ0v) is 14.7. The Morgan fingerprint density at radius 1 is 1.31 bits per heavy atom. The van der Waals surface area contributed by atoms with Crippen molar-refractivity contribution in [2.24, 2.45) is 0 Å². The molecule has 2 aromatic heterocycles. The number of anilines is 1. The smallest absolute Gasteiger partial charge is 0.337 e. The molecule has 3 aromatic rings. The second-order valence-corrected chi connectivity index (χ2v) is 6.46. The van der Waals surface area contributed by atoms with Gasteiger partial charge in [-0.1, -0.05) is 6.07 Å². The average molecular weight is 349 g/mol. The third-order valence-corrected chi connectivity index (χ3v) is 5.04. The molecule has 1 unspecified atom stereocenters. The first-order chi connectivity index (χ1) is 12.6. The monoisotopic (exact) mass is 349 g/mol. The fourth-order valence-electron chi connectivity index (χ4n) is 3.73. The fraction of sp³-hybridized carbons (Fsp3) is 0.250. The molecule has 0 saturated carbocycles. The lowest BCUT2D eigenvalue weighted by Crippen LogP contribution is -2.35. The topological polar surface area (TPSA) is 75.3 Å². The van der Waals surface area contributed by atoms with E-state index in [1.807, 2.05) is 18.2 Å². The van der Waals surface area contributed by atoms with E-state index in [4.69, 9.17) is 4.74 Å². The van der Waals surface area contributed by atoms with E-state index in [-0.39, 0.29) is 17.6 Å². The van der Waals surface area contributed by atoms with Crippen LogP contribution in [-0.4, -0.2) is 29.6 Å². The van der Waals surface area contributed by atoms with Crippen LogP contribution in [0.4, 0.5) is 5.69 Å². The average Bonchev–Trinajstić information content (AvgIpc) is 2.66. The van der Waals surface area contributed by atoms with Crippen LogP contribution in [0, 0.1) is 0 Å². The lowest BCUT2D eigenvalue weighted by molar-refractivity contribution is 0.0600. The number of aromatic nitrogens is 2. The van der Waals surface area contributed by atoms with Crippen molar-refractivity contribution in [2.75, 3.05) is 18.6 Å². The largest absolute Gasteiger partial charge is 0.465 e. The van der Waals surface area contributed by atoms with Gasteiger partial charge in [0.25, 0.3) is 5.56 Å². The van der Waals surface area contributed by atoms with Gasteiger partial charge in [0.05, 0.1) is 36.1 Å². The number of H-pyrrole nitrogens is 1. The Kier molecular flexibility index (Phi) is 3.95. The summed E-state index contributed by atoms with van der Waals surface area (Å²) in [5.74, 6) is -0.323. The Hall–Kier alpha value is -3.15. The van der Waals surface area contributed by atoms with E-state index in [2.05, 4.69) is 21.8 Å². The van der Waals surface area contributed by atoms with Gasteiger partial charge in [0.1, 0.15) is 0 Å². The van der Waals surface area contributed by atoms with Crippen LogP contribution in [0.5, 0.6) is 0 Å². The molecule has 0 saturated heterocycles. The van der Waals surface area contributed by atoms with Crippen molar-refractivity contribution in [3.8, 4) is 0 Å². The molecule has 0 fully saturated rings. The molecule has 0 aliphatic carbocycles. The number of hydrogen-bond donors (Lipinski definition) is 1. The van der Waals surface area contributed by atoms with Crippen LogP contribution in [0.3, 0.4) is 0 Å². The van der Waals surface area contributed by atoms with Crippen LogP contribution < -0.4 is 10.5 Å². The van der Waals surface area contributed by atoms with E-state index >= 15 is 0 Å². The molecule has 6 nitrogen and oxygen atoms in total. The van der Waals surface area contributed by atoms with Crippen molar-refractivity contribution in [3.63, 3.8) is 0 Å². The van der Waals surface area contributed by atoms with E-state index in [9.17, 15) is 9.59 Å². The molecule has 1 aromatic carbocycles. The number of aromatic amines is 1. The normalized spacial score (nSPS) is 16.4. The molecular formula is C20H19N3O3. The van der Waals surface area contributed by atoms with Crippen molar-refractivity contribution in [3.05, 3.63) is 69.8 Å². The lowest BCUT2D eigenvalue weighted by Gasteiger charge is -2.37. The molecule has 1 aliphatic rings. The first-order valence-corrected chi connectivity index (χ1v) is 8.53. The minimum Gasteiger partial charge on any atom is -0.465 e. The van der Waals surface area contributed by atoms with Crippen molar-refractivity contribution in [1.29, 1.82) is 0 Å². The summed E-state index contributed by atoms with van der Waals surface area (Å²) in [5.41, 5.74) is 4.37. The summed E-state index contributed by atoms with van der Waals surface area (Å²) in [6.07, 6.45) is 4.20. The number of pyridine rings is 2. The summed E-state index contributed by atoms with van der Waals surface area (Å²) in [4.78, 5) is 33.0. The van der Waals surface area contributed by atoms with Gasteiger partial charge in [0, 0.05) is 24.2 Å². The van der Waals surface area contributed by atoms with E-state index in [1.165, 1.54) is 7.11 Å². The number of benzene rings is 1. The number of fused-ring (bicyclic) bond motifs is 2. The van der Waals surface area contributed by atoms with Gasteiger partial charge in [-0.2, -0.15) is 0 Å². The minimum atomic E-state index is -0.323. The van der Waals surface area contributed by atoms with E-state index < -0.39 is 0 Å². The van der Waals surface area contributed by atoms with Gasteiger partial charge in [-0.15, -0.1) is 0 Å². The van der Waals surface area contributed by atoms with Crippen molar-refractivity contribution < 1.29 is 9.53 Å². The highest BCUT2D eigenvalue weighted by Gasteiger charge is 2.26. The molecule has 1 N–H and O–H groups in total. The number of nitrogens with one attached hydrogen (secondary N) is 1. The van der Waals surface area contributed by atoms with Gasteiger partial charge in [-0.25, -0.2) is 4.79 Å². The third kappa shape index (κ3) is 2.63. The van der Waals surface area contributed by atoms with Crippen molar-refractivity contribution in [2.45, 2.75) is 19.4 Å². The van der Waals surface area contributed by atoms with Gasteiger partial charge in [0.15, 0.2) is 0 Å². The molecule has 132 valence electrons. The first-order valence-electron chi connectivity index (χ1n) is 8.53. The molecule has 1 aliphatic heterocycles. The van der Waals surface area contributed by atoms with Crippen LogP contribution in [-0.2, 0) is 11.2 Å². The highest BCUT2D eigenvalue weighted by Crippen LogP contribution is 2.36. The quantitative estimate of drug-likeness (QED) is 0.720. The Morgan fingerprint density at radius 3 is 2.96 bits per heavy atom. The zero-order chi connectivity index (χ0) is 18.3. The number of carbonyl (C=O) groups is 1. The van der Waals surface area contributed by atoms with Gasteiger partial charge in [-0.3, -0.25) is 9.78 Å². The number of carbonyl (C=O) groups excluding carboxylic acids is 1. The molecule has 4 rings (SSSR count). The molecular weight excluding hydrogens is 330 g/mol. The number of methoxy groups -OCH3 is 1. The summed E-state index contributed by atoms with van der Waals surface area (Å²) in [6.45, 7) is 2.88. The molecule has 0 spiro atoms. The Bertz CT molecular complexity index is 1060. The van der Waals surface area contributed by atoms with Crippen LogP contribution in [0.1, 0.15) is 34.5 Å². The fourth-order valence-corrected chi connectivity index (χ4v) is 3.73. The minimum absolute atomic E-state index is 0.0867. The SMILES string of the molecule is COC(=O)c1ccc2c(c1)CCN(c1cc(=O)[nH]c3cnccc13)C2C. The van der Waals surface area contributed by atoms with Gasteiger partial charge in [-0.05, 0) is 42.7 Å². The highest BCUT2D eigenvalue weighted by molar-refractivity contribution is 5.91. The molecule has 1 atom stereocenters. The summed E-state index contributed by atoms with van der Waals surface area (Å²) in [6, 6.07) is 9.34. The number of ether oxygens (including phenoxy) is 1. The molecule has 6 heteroatoms. The summed E-state index contributed by atoms with van der Waals surface area (Å²) in [5, 5.41) is 0.973. The van der Waals surface area contributed by atoms with Gasteiger partial charge >= 0.3 is 5.97 Å². The number of esters is 1. The first kappa shape index (κ1) is 16.3. The van der Waals surface area contributed by atoms with Gasteiger partial charge < -0.3 is 14.6 Å². The second kappa shape index (κ2) is 6.29. The second-order valence-electron chi connectivity index (χ2n) is 6.46. The molecule has 26 heavy (non-hydrogen) atoms. The molecule has 0 bridgehead atoms. The Balaban J connectivity index is 1.78. The van der Waals surface area contributed by atoms with Crippen LogP contribution in [0.25, 0.3) is 10.9 Å². The van der Waals surface area contributed by atoms with Gasteiger partial charge in [0.2, 0.25) is 0 Å². The summed E-state index contributed by atoms with van der Waals surface area (Å²) in [7, 11) is 1.39. The summed E-state index contributed by atoms with van der Waals surface area (Å²) < 4.78 is 4.81. The molecule has 0 amide bonds. The maximum absolute atomic E-state index is 12.1. The predicted molar refractivity (Wildman–Crippen MR) is 99.6 cm³/mol. The lowest BCUT2D eigenvalue weighted by atomic mass is 9.91. The van der Waals surface area contributed by atoms with Crippen molar-refractivity contribution in [1.82, 2.24) is 9.97 Å².